The second-order valence-corrected chi connectivity index (χ2v) is 3.01. The van der Waals surface area contributed by atoms with Gasteiger partial charge in [0.05, 0.1) is 19.1 Å². The molecule has 72 valence electrons. The van der Waals surface area contributed by atoms with Crippen molar-refractivity contribution in [3.63, 3.8) is 0 Å². The molecule has 0 radical (unpaired) electrons. The smallest absolute Gasteiger partial charge is 0.389 e. The highest BCUT2D eigenvalue weighted by molar-refractivity contribution is 4.74. The molecule has 0 aliphatic carbocycles. The second kappa shape index (κ2) is 3.62. The molecule has 2 atom stereocenters. The van der Waals surface area contributed by atoms with E-state index in [4.69, 9.17) is 9.84 Å². The first-order valence-electron chi connectivity index (χ1n) is 3.81. The molecule has 5 heteroatoms. The first kappa shape index (κ1) is 9.80. The SMILES string of the molecule is OC1CCOCC1CC(F)(F)F. The number of aliphatic hydroxyl groups excluding tert-OH is 1. The Hall–Kier alpha value is -0.290. The van der Waals surface area contributed by atoms with Gasteiger partial charge in [-0.2, -0.15) is 13.2 Å². The van der Waals surface area contributed by atoms with Crippen LogP contribution in [0.25, 0.3) is 0 Å². The highest BCUT2D eigenvalue weighted by Crippen LogP contribution is 2.29. The Morgan fingerprint density at radius 1 is 1.42 bits per heavy atom. The summed E-state index contributed by atoms with van der Waals surface area (Å²) in [6.45, 7) is 0.371. The summed E-state index contributed by atoms with van der Waals surface area (Å²) in [5, 5.41) is 9.15. The van der Waals surface area contributed by atoms with Gasteiger partial charge >= 0.3 is 6.18 Å². The topological polar surface area (TPSA) is 29.5 Å². The van der Waals surface area contributed by atoms with Crippen molar-refractivity contribution >= 4 is 0 Å². The van der Waals surface area contributed by atoms with Gasteiger partial charge < -0.3 is 9.84 Å². The highest BCUT2D eigenvalue weighted by Gasteiger charge is 2.36. The van der Waals surface area contributed by atoms with Crippen LogP contribution in [0.3, 0.4) is 0 Å². The summed E-state index contributed by atoms with van der Waals surface area (Å²) in [6.07, 6.45) is -5.71. The van der Waals surface area contributed by atoms with E-state index in [2.05, 4.69) is 0 Å². The molecule has 1 aliphatic rings. The maximum absolute atomic E-state index is 11.8. The van der Waals surface area contributed by atoms with Crippen LogP contribution in [0.2, 0.25) is 0 Å². The van der Waals surface area contributed by atoms with Crippen LogP contribution in [0, 0.1) is 5.92 Å². The van der Waals surface area contributed by atoms with Gasteiger partial charge in [-0.25, -0.2) is 0 Å². The van der Waals surface area contributed by atoms with Crippen molar-refractivity contribution in [3.8, 4) is 0 Å². The number of ether oxygens (including phenoxy) is 1. The molecule has 0 amide bonds. The molecule has 1 heterocycles. The fourth-order valence-corrected chi connectivity index (χ4v) is 1.28. The molecule has 0 saturated carbocycles. The van der Waals surface area contributed by atoms with Crippen LogP contribution in [-0.4, -0.2) is 30.6 Å². The van der Waals surface area contributed by atoms with Gasteiger partial charge in [-0.05, 0) is 6.42 Å². The number of aliphatic hydroxyl groups is 1. The lowest BCUT2D eigenvalue weighted by molar-refractivity contribution is -0.166. The van der Waals surface area contributed by atoms with E-state index in [-0.39, 0.29) is 6.61 Å². The fourth-order valence-electron chi connectivity index (χ4n) is 1.28. The molecule has 1 fully saturated rings. The average Bonchev–Trinajstić information content (AvgIpc) is 1.91. The molecule has 0 aromatic heterocycles. The summed E-state index contributed by atoms with van der Waals surface area (Å²) in [6, 6.07) is 0. The maximum atomic E-state index is 11.8. The first-order valence-corrected chi connectivity index (χ1v) is 3.81. The zero-order valence-electron chi connectivity index (χ0n) is 6.47. The minimum Gasteiger partial charge on any atom is -0.393 e. The van der Waals surface area contributed by atoms with Gasteiger partial charge in [-0.3, -0.25) is 0 Å². The number of rotatable bonds is 1. The highest BCUT2D eigenvalue weighted by atomic mass is 19.4. The molecular formula is C7H11F3O2. The fraction of sp³-hybridized carbons (Fsp3) is 1.00. The molecule has 0 spiro atoms. The standard InChI is InChI=1S/C7H11F3O2/c8-7(9,10)3-5-4-12-2-1-6(5)11/h5-6,11H,1-4H2. The molecule has 0 aromatic rings. The van der Waals surface area contributed by atoms with Gasteiger partial charge in [0.2, 0.25) is 0 Å². The number of halogens is 3. The van der Waals surface area contributed by atoms with Crippen molar-refractivity contribution in [3.05, 3.63) is 0 Å². The summed E-state index contributed by atoms with van der Waals surface area (Å²) < 4.78 is 40.4. The zero-order chi connectivity index (χ0) is 9.19. The van der Waals surface area contributed by atoms with Crippen LogP contribution in [0.5, 0.6) is 0 Å². The van der Waals surface area contributed by atoms with E-state index >= 15 is 0 Å². The van der Waals surface area contributed by atoms with Crippen molar-refractivity contribution in [1.29, 1.82) is 0 Å². The summed E-state index contributed by atoms with van der Waals surface area (Å²) in [7, 11) is 0. The number of hydrogen-bond donors (Lipinski definition) is 1. The summed E-state index contributed by atoms with van der Waals surface area (Å²) in [5.41, 5.74) is 0. The van der Waals surface area contributed by atoms with Crippen molar-refractivity contribution in [2.45, 2.75) is 25.1 Å². The molecule has 2 nitrogen and oxygen atoms in total. The van der Waals surface area contributed by atoms with Gasteiger partial charge in [0.25, 0.3) is 0 Å². The Morgan fingerprint density at radius 3 is 2.58 bits per heavy atom. The van der Waals surface area contributed by atoms with Crippen LogP contribution in [0.4, 0.5) is 13.2 Å². The molecule has 1 aliphatic heterocycles. The third-order valence-corrected chi connectivity index (χ3v) is 1.93. The van der Waals surface area contributed by atoms with Crippen LogP contribution in [-0.2, 0) is 4.74 Å². The van der Waals surface area contributed by atoms with E-state index < -0.39 is 24.6 Å². The summed E-state index contributed by atoms with van der Waals surface area (Å²) in [5.74, 6) is -0.779. The minimum absolute atomic E-state index is 0.0146. The van der Waals surface area contributed by atoms with Gasteiger partial charge in [-0.15, -0.1) is 0 Å². The predicted octanol–water partition coefficient (Wildman–Crippen LogP) is 1.34. The van der Waals surface area contributed by atoms with E-state index in [9.17, 15) is 13.2 Å². The molecule has 0 bridgehead atoms. The Morgan fingerprint density at radius 2 is 2.08 bits per heavy atom. The van der Waals surface area contributed by atoms with Crippen LogP contribution in [0.1, 0.15) is 12.8 Å². The number of hydrogen-bond acceptors (Lipinski definition) is 2. The summed E-state index contributed by atoms with van der Waals surface area (Å²) in [4.78, 5) is 0. The molecule has 1 rings (SSSR count). The third kappa shape index (κ3) is 2.98. The second-order valence-electron chi connectivity index (χ2n) is 3.01. The minimum atomic E-state index is -4.20. The van der Waals surface area contributed by atoms with Crippen molar-refractivity contribution in [1.82, 2.24) is 0 Å². The van der Waals surface area contributed by atoms with Gasteiger partial charge in [0, 0.05) is 12.5 Å². The van der Waals surface area contributed by atoms with Crippen LogP contribution in [0.15, 0.2) is 0 Å². The lowest BCUT2D eigenvalue weighted by Crippen LogP contribution is -2.35. The van der Waals surface area contributed by atoms with E-state index in [0.717, 1.165) is 0 Å². The average molecular weight is 184 g/mol. The molecule has 0 aromatic carbocycles. The Balaban J connectivity index is 2.39. The monoisotopic (exact) mass is 184 g/mol. The van der Waals surface area contributed by atoms with E-state index in [0.29, 0.717) is 13.0 Å². The quantitative estimate of drug-likeness (QED) is 0.666. The van der Waals surface area contributed by atoms with E-state index in [1.165, 1.54) is 0 Å². The molecule has 2 unspecified atom stereocenters. The van der Waals surface area contributed by atoms with Crippen molar-refractivity contribution in [2.24, 2.45) is 5.92 Å². The molecule has 12 heavy (non-hydrogen) atoms. The molecule has 1 saturated heterocycles. The first-order chi connectivity index (χ1) is 5.49. The van der Waals surface area contributed by atoms with Gasteiger partial charge in [0.1, 0.15) is 0 Å². The van der Waals surface area contributed by atoms with E-state index in [1.54, 1.807) is 0 Å². The largest absolute Gasteiger partial charge is 0.393 e. The summed E-state index contributed by atoms with van der Waals surface area (Å²) >= 11 is 0. The van der Waals surface area contributed by atoms with Crippen molar-refractivity contribution < 1.29 is 23.0 Å². The lowest BCUT2D eigenvalue weighted by atomic mass is 9.95. The normalized spacial score (nSPS) is 32.0. The predicted molar refractivity (Wildman–Crippen MR) is 35.6 cm³/mol. The molecule has 1 N–H and O–H groups in total. The van der Waals surface area contributed by atoms with Gasteiger partial charge in [0.15, 0.2) is 0 Å². The Kier molecular flexibility index (Phi) is 2.95. The third-order valence-electron chi connectivity index (χ3n) is 1.93. The zero-order valence-corrected chi connectivity index (χ0v) is 6.47. The molecular weight excluding hydrogens is 173 g/mol. The van der Waals surface area contributed by atoms with E-state index in [1.807, 2.05) is 0 Å². The van der Waals surface area contributed by atoms with Crippen molar-refractivity contribution in [2.75, 3.05) is 13.2 Å². The maximum Gasteiger partial charge on any atom is 0.389 e. The lowest BCUT2D eigenvalue weighted by Gasteiger charge is -2.28. The Bertz CT molecular complexity index is 146. The number of alkyl halides is 3. The van der Waals surface area contributed by atoms with Crippen LogP contribution >= 0.6 is 0 Å². The van der Waals surface area contributed by atoms with Crippen LogP contribution < -0.4 is 0 Å². The Labute approximate surface area is 68.3 Å². The van der Waals surface area contributed by atoms with Gasteiger partial charge in [-0.1, -0.05) is 0 Å².